The Morgan fingerprint density at radius 2 is 1.89 bits per heavy atom. The molecule has 0 spiro atoms. The van der Waals surface area contributed by atoms with Crippen LogP contribution in [0.5, 0.6) is 11.5 Å². The van der Waals surface area contributed by atoms with Gasteiger partial charge in [-0.2, -0.15) is 5.10 Å². The number of carbonyl (C=O) groups excluding carboxylic acids is 1. The first-order valence-electron chi connectivity index (χ1n) is 9.45. The lowest BCUT2D eigenvalue weighted by molar-refractivity contribution is 0.0705. The molecular weight excluding hydrogens is 354 g/mol. The third-order valence-corrected chi connectivity index (χ3v) is 5.47. The highest BCUT2D eigenvalue weighted by atomic mass is 16.3. The number of aromatic amines is 1. The van der Waals surface area contributed by atoms with E-state index >= 15 is 0 Å². The van der Waals surface area contributed by atoms with Crippen molar-refractivity contribution in [1.29, 1.82) is 0 Å². The van der Waals surface area contributed by atoms with E-state index in [-0.39, 0.29) is 23.3 Å². The Morgan fingerprint density at radius 3 is 2.61 bits per heavy atom. The van der Waals surface area contributed by atoms with Gasteiger partial charge in [-0.05, 0) is 37.5 Å². The number of H-pyrrole nitrogens is 1. The van der Waals surface area contributed by atoms with Gasteiger partial charge in [-0.3, -0.25) is 9.89 Å². The van der Waals surface area contributed by atoms with Gasteiger partial charge in [-0.15, -0.1) is 0 Å². The maximum absolute atomic E-state index is 13.0. The largest absolute Gasteiger partial charge is 0.508 e. The second-order valence-electron chi connectivity index (χ2n) is 7.29. The number of nitrogens with one attached hydrogen (secondary N) is 1. The molecule has 2 heterocycles. The van der Waals surface area contributed by atoms with Crippen molar-refractivity contribution in [2.75, 3.05) is 13.1 Å². The van der Waals surface area contributed by atoms with Gasteiger partial charge in [0, 0.05) is 41.4 Å². The Labute approximate surface area is 163 Å². The quantitative estimate of drug-likeness (QED) is 0.647. The van der Waals surface area contributed by atoms with Crippen LogP contribution in [-0.2, 0) is 0 Å². The van der Waals surface area contributed by atoms with Crippen LogP contribution in [0.3, 0.4) is 0 Å². The first-order valence-corrected chi connectivity index (χ1v) is 9.45. The van der Waals surface area contributed by atoms with Gasteiger partial charge in [0.05, 0.1) is 6.20 Å². The Hall–Kier alpha value is -3.28. The Kier molecular flexibility index (Phi) is 4.77. The van der Waals surface area contributed by atoms with Crippen LogP contribution in [0.4, 0.5) is 0 Å². The van der Waals surface area contributed by atoms with E-state index in [0.717, 1.165) is 29.7 Å². The topological polar surface area (TPSA) is 89.5 Å². The highest BCUT2D eigenvalue weighted by Crippen LogP contribution is 2.34. The zero-order chi connectivity index (χ0) is 19.7. The molecule has 1 aliphatic rings. The summed E-state index contributed by atoms with van der Waals surface area (Å²) in [7, 11) is 0. The molecule has 2 aromatic carbocycles. The minimum atomic E-state index is -0.184. The summed E-state index contributed by atoms with van der Waals surface area (Å²) in [5.41, 5.74) is 3.87. The van der Waals surface area contributed by atoms with E-state index in [0.29, 0.717) is 24.2 Å². The van der Waals surface area contributed by atoms with Crippen molar-refractivity contribution in [1.82, 2.24) is 15.1 Å². The second kappa shape index (κ2) is 7.38. The highest BCUT2D eigenvalue weighted by molar-refractivity contribution is 5.95. The molecule has 1 unspecified atom stereocenters. The van der Waals surface area contributed by atoms with Gasteiger partial charge in [0.25, 0.3) is 5.91 Å². The second-order valence-corrected chi connectivity index (χ2v) is 7.29. The Bertz CT molecular complexity index is 974. The minimum absolute atomic E-state index is 0.0724. The fourth-order valence-electron chi connectivity index (χ4n) is 3.84. The number of benzene rings is 2. The molecule has 28 heavy (non-hydrogen) atoms. The molecule has 6 nitrogen and oxygen atoms in total. The molecule has 3 N–H and O–H groups in total. The van der Waals surface area contributed by atoms with Crippen molar-refractivity contribution in [3.63, 3.8) is 0 Å². The normalized spacial score (nSPS) is 16.9. The number of aromatic hydroxyl groups is 2. The standard InChI is InChI=1S/C22H23N3O3/c1-14-19(26)10-17(11-20(14)27)22(28)25-9-5-8-16(13-25)21-18(12-23-24-21)15-6-3-2-4-7-15/h2-4,6-7,10-12,16,26-27H,5,8-9,13H2,1H3,(H,23,24). The summed E-state index contributed by atoms with van der Waals surface area (Å²) in [6, 6.07) is 12.9. The molecule has 0 radical (unpaired) electrons. The van der Waals surface area contributed by atoms with Gasteiger partial charge in [0.1, 0.15) is 11.5 Å². The molecule has 1 aliphatic heterocycles. The van der Waals surface area contributed by atoms with E-state index in [1.807, 2.05) is 24.4 Å². The van der Waals surface area contributed by atoms with Crippen LogP contribution in [0.1, 0.15) is 40.4 Å². The van der Waals surface area contributed by atoms with Crippen molar-refractivity contribution in [3.8, 4) is 22.6 Å². The summed E-state index contributed by atoms with van der Waals surface area (Å²) in [6.45, 7) is 2.83. The molecule has 1 aromatic heterocycles. The Morgan fingerprint density at radius 1 is 1.18 bits per heavy atom. The van der Waals surface area contributed by atoms with Gasteiger partial charge in [0.2, 0.25) is 0 Å². The molecular formula is C22H23N3O3. The maximum atomic E-state index is 13.0. The van der Waals surface area contributed by atoms with E-state index in [1.54, 1.807) is 11.8 Å². The number of hydrogen-bond acceptors (Lipinski definition) is 4. The number of piperidine rings is 1. The van der Waals surface area contributed by atoms with Crippen molar-refractivity contribution in [2.45, 2.75) is 25.7 Å². The number of phenols is 2. The number of hydrogen-bond donors (Lipinski definition) is 3. The summed E-state index contributed by atoms with van der Waals surface area (Å²) in [5.74, 6) is -0.173. The fourth-order valence-corrected chi connectivity index (χ4v) is 3.84. The molecule has 1 amide bonds. The Balaban J connectivity index is 1.58. The summed E-state index contributed by atoms with van der Waals surface area (Å²) >= 11 is 0. The monoisotopic (exact) mass is 377 g/mol. The van der Waals surface area contributed by atoms with Crippen LogP contribution in [-0.4, -0.2) is 44.3 Å². The van der Waals surface area contributed by atoms with Crippen LogP contribution in [0, 0.1) is 6.92 Å². The molecule has 6 heteroatoms. The van der Waals surface area contributed by atoms with E-state index in [4.69, 9.17) is 0 Å². The van der Waals surface area contributed by atoms with Crippen molar-refractivity contribution >= 4 is 5.91 Å². The van der Waals surface area contributed by atoms with Crippen molar-refractivity contribution in [2.24, 2.45) is 0 Å². The van der Waals surface area contributed by atoms with Gasteiger partial charge in [0.15, 0.2) is 0 Å². The lowest BCUT2D eigenvalue weighted by Crippen LogP contribution is -2.39. The average molecular weight is 377 g/mol. The highest BCUT2D eigenvalue weighted by Gasteiger charge is 2.28. The number of aromatic nitrogens is 2. The molecule has 144 valence electrons. The van der Waals surface area contributed by atoms with E-state index in [2.05, 4.69) is 22.3 Å². The van der Waals surface area contributed by atoms with Crippen LogP contribution >= 0.6 is 0 Å². The number of amides is 1. The average Bonchev–Trinajstić information content (AvgIpc) is 3.22. The first kappa shape index (κ1) is 18.1. The number of likely N-dealkylation sites (tertiary alicyclic amines) is 1. The minimum Gasteiger partial charge on any atom is -0.508 e. The van der Waals surface area contributed by atoms with Gasteiger partial charge in [-0.1, -0.05) is 30.3 Å². The molecule has 1 atom stereocenters. The smallest absolute Gasteiger partial charge is 0.254 e. The van der Waals surface area contributed by atoms with Gasteiger partial charge < -0.3 is 15.1 Å². The van der Waals surface area contributed by atoms with Crippen molar-refractivity contribution < 1.29 is 15.0 Å². The van der Waals surface area contributed by atoms with Gasteiger partial charge >= 0.3 is 0 Å². The zero-order valence-electron chi connectivity index (χ0n) is 15.7. The summed E-state index contributed by atoms with van der Waals surface area (Å²) in [5, 5.41) is 27.3. The SMILES string of the molecule is Cc1c(O)cc(C(=O)N2CCCC(c3[nH]ncc3-c3ccccc3)C2)cc1O. The molecule has 0 aliphatic carbocycles. The third kappa shape index (κ3) is 3.33. The summed E-state index contributed by atoms with van der Waals surface area (Å²) in [4.78, 5) is 14.7. The van der Waals surface area contributed by atoms with Crippen LogP contribution < -0.4 is 0 Å². The molecule has 0 saturated carbocycles. The summed E-state index contributed by atoms with van der Waals surface area (Å²) in [6.07, 6.45) is 3.69. The molecule has 3 aromatic rings. The van der Waals surface area contributed by atoms with E-state index < -0.39 is 0 Å². The lowest BCUT2D eigenvalue weighted by Gasteiger charge is -2.33. The predicted octanol–water partition coefficient (Wildman–Crippen LogP) is 3.82. The maximum Gasteiger partial charge on any atom is 0.254 e. The fraction of sp³-hybridized carbons (Fsp3) is 0.273. The number of phenolic OH excluding ortho intramolecular Hbond substituents is 2. The first-order chi connectivity index (χ1) is 13.5. The molecule has 4 rings (SSSR count). The lowest BCUT2D eigenvalue weighted by atomic mass is 9.90. The number of nitrogens with zero attached hydrogens (tertiary/aromatic N) is 2. The molecule has 0 bridgehead atoms. The van der Waals surface area contributed by atoms with Crippen LogP contribution in [0.2, 0.25) is 0 Å². The van der Waals surface area contributed by atoms with Crippen LogP contribution in [0.15, 0.2) is 48.7 Å². The van der Waals surface area contributed by atoms with Crippen LogP contribution in [0.25, 0.3) is 11.1 Å². The molecule has 1 fully saturated rings. The van der Waals surface area contributed by atoms with Crippen molar-refractivity contribution in [3.05, 3.63) is 65.5 Å². The summed E-state index contributed by atoms with van der Waals surface area (Å²) < 4.78 is 0. The third-order valence-electron chi connectivity index (χ3n) is 5.47. The van der Waals surface area contributed by atoms with E-state index in [1.165, 1.54) is 12.1 Å². The van der Waals surface area contributed by atoms with Gasteiger partial charge in [-0.25, -0.2) is 0 Å². The number of rotatable bonds is 3. The zero-order valence-corrected chi connectivity index (χ0v) is 15.7. The predicted molar refractivity (Wildman–Crippen MR) is 106 cm³/mol. The van der Waals surface area contributed by atoms with E-state index in [9.17, 15) is 15.0 Å². The molecule has 1 saturated heterocycles. The number of carbonyl (C=O) groups is 1.